The molecule has 0 aliphatic carbocycles. The molecular formula is C21H20N2O5S. The van der Waals surface area contributed by atoms with Crippen molar-refractivity contribution in [2.24, 2.45) is 4.99 Å². The predicted octanol–water partition coefficient (Wildman–Crippen LogP) is 2.71. The average Bonchev–Trinajstić information content (AvgIpc) is 3.07. The number of benzene rings is 2. The van der Waals surface area contributed by atoms with Gasteiger partial charge >= 0.3 is 5.97 Å². The standard InChI is InChI=1S/C21H20N2O5S/c1-26-20(25)13-23-15-11-16-17(28-10-9-27-16)12-18(15)29-21(23)22-19(24)8-7-14-5-3-2-4-6-14/h2-6,11-12H,7-10,13H2,1H3. The van der Waals surface area contributed by atoms with Crippen molar-refractivity contribution in [3.8, 4) is 11.5 Å². The van der Waals surface area contributed by atoms with Crippen LogP contribution in [0.4, 0.5) is 0 Å². The highest BCUT2D eigenvalue weighted by Gasteiger charge is 2.18. The monoisotopic (exact) mass is 412 g/mol. The minimum absolute atomic E-state index is 0.0407. The highest BCUT2D eigenvalue weighted by molar-refractivity contribution is 7.16. The number of carbonyl (C=O) groups is 2. The third kappa shape index (κ3) is 4.32. The van der Waals surface area contributed by atoms with Gasteiger partial charge in [0.2, 0.25) is 5.91 Å². The molecule has 3 aromatic rings. The van der Waals surface area contributed by atoms with Crippen molar-refractivity contribution < 1.29 is 23.8 Å². The molecule has 1 amide bonds. The van der Waals surface area contributed by atoms with E-state index in [4.69, 9.17) is 14.2 Å². The van der Waals surface area contributed by atoms with Crippen LogP contribution in [-0.2, 0) is 27.3 Å². The van der Waals surface area contributed by atoms with Gasteiger partial charge in [-0.15, -0.1) is 0 Å². The molecular weight excluding hydrogens is 392 g/mol. The maximum atomic E-state index is 12.5. The number of aryl methyl sites for hydroxylation is 1. The summed E-state index contributed by atoms with van der Waals surface area (Å²) in [4.78, 5) is 29.2. The molecule has 1 aromatic heterocycles. The van der Waals surface area contributed by atoms with Gasteiger partial charge in [0.25, 0.3) is 0 Å². The van der Waals surface area contributed by atoms with Crippen molar-refractivity contribution in [1.82, 2.24) is 4.57 Å². The van der Waals surface area contributed by atoms with Crippen LogP contribution < -0.4 is 14.3 Å². The highest BCUT2D eigenvalue weighted by atomic mass is 32.1. The SMILES string of the molecule is COC(=O)Cn1c(=NC(=O)CCc2ccccc2)sc2cc3c(cc21)OCCO3. The second-order valence-corrected chi connectivity index (χ2v) is 7.51. The van der Waals surface area contributed by atoms with E-state index < -0.39 is 5.97 Å². The Balaban J connectivity index is 1.69. The molecule has 0 atom stereocenters. The van der Waals surface area contributed by atoms with E-state index >= 15 is 0 Å². The molecule has 7 nitrogen and oxygen atoms in total. The minimum Gasteiger partial charge on any atom is -0.486 e. The number of aromatic nitrogens is 1. The summed E-state index contributed by atoms with van der Waals surface area (Å²) < 4.78 is 18.6. The van der Waals surface area contributed by atoms with E-state index in [1.807, 2.05) is 42.5 Å². The first-order valence-corrected chi connectivity index (χ1v) is 10.1. The van der Waals surface area contributed by atoms with E-state index in [1.54, 1.807) is 4.57 Å². The van der Waals surface area contributed by atoms with Crippen molar-refractivity contribution in [2.45, 2.75) is 19.4 Å². The average molecular weight is 412 g/mol. The lowest BCUT2D eigenvalue weighted by molar-refractivity contribution is -0.141. The normalized spacial score (nSPS) is 13.5. The van der Waals surface area contributed by atoms with Crippen LogP contribution in [0.2, 0.25) is 0 Å². The Morgan fingerprint density at radius 2 is 1.86 bits per heavy atom. The molecule has 0 saturated carbocycles. The number of hydrogen-bond donors (Lipinski definition) is 0. The lowest BCUT2D eigenvalue weighted by Gasteiger charge is -2.18. The van der Waals surface area contributed by atoms with Gasteiger partial charge in [-0.3, -0.25) is 9.59 Å². The van der Waals surface area contributed by atoms with E-state index in [2.05, 4.69) is 4.99 Å². The van der Waals surface area contributed by atoms with Crippen LogP contribution in [0.15, 0.2) is 47.5 Å². The van der Waals surface area contributed by atoms with Crippen LogP contribution in [0.3, 0.4) is 0 Å². The first-order chi connectivity index (χ1) is 14.1. The largest absolute Gasteiger partial charge is 0.486 e. The Bertz CT molecular complexity index is 1120. The van der Waals surface area contributed by atoms with Gasteiger partial charge in [0.15, 0.2) is 16.3 Å². The van der Waals surface area contributed by atoms with E-state index in [9.17, 15) is 9.59 Å². The summed E-state index contributed by atoms with van der Waals surface area (Å²) in [5, 5.41) is 0. The predicted molar refractivity (Wildman–Crippen MR) is 108 cm³/mol. The Kier molecular flexibility index (Phi) is 5.62. The Morgan fingerprint density at radius 1 is 1.14 bits per heavy atom. The number of thiazole rings is 1. The summed E-state index contributed by atoms with van der Waals surface area (Å²) >= 11 is 1.33. The number of fused-ring (bicyclic) bond motifs is 2. The van der Waals surface area contributed by atoms with Gasteiger partial charge in [-0.2, -0.15) is 4.99 Å². The number of amides is 1. The number of esters is 1. The third-order valence-corrected chi connectivity index (χ3v) is 5.59. The van der Waals surface area contributed by atoms with Gasteiger partial charge < -0.3 is 18.8 Å². The van der Waals surface area contributed by atoms with E-state index in [0.717, 1.165) is 15.8 Å². The van der Waals surface area contributed by atoms with Crippen LogP contribution >= 0.6 is 11.3 Å². The molecule has 1 aliphatic rings. The number of carbonyl (C=O) groups excluding carboxylic acids is 2. The molecule has 0 fully saturated rings. The summed E-state index contributed by atoms with van der Waals surface area (Å²) in [7, 11) is 1.33. The quantitative estimate of drug-likeness (QED) is 0.602. The molecule has 0 spiro atoms. The number of nitrogens with zero attached hydrogens (tertiary/aromatic N) is 2. The molecule has 0 unspecified atom stereocenters. The minimum atomic E-state index is -0.419. The summed E-state index contributed by atoms with van der Waals surface area (Å²) in [6.07, 6.45) is 0.903. The number of rotatable bonds is 5. The molecule has 8 heteroatoms. The first kappa shape index (κ1) is 19.2. The van der Waals surface area contributed by atoms with Gasteiger partial charge in [0.05, 0.1) is 17.3 Å². The number of methoxy groups -OCH3 is 1. The third-order valence-electron chi connectivity index (χ3n) is 4.55. The first-order valence-electron chi connectivity index (χ1n) is 9.25. The summed E-state index contributed by atoms with van der Waals surface area (Å²) in [6.45, 7) is 0.914. The molecule has 0 saturated heterocycles. The van der Waals surface area contributed by atoms with Gasteiger partial charge in [-0.1, -0.05) is 41.7 Å². The molecule has 150 valence electrons. The zero-order valence-electron chi connectivity index (χ0n) is 15.9. The molecule has 1 aliphatic heterocycles. The summed E-state index contributed by atoms with van der Waals surface area (Å²) in [5.41, 5.74) is 1.83. The second-order valence-electron chi connectivity index (χ2n) is 6.50. The van der Waals surface area contributed by atoms with Crippen LogP contribution in [0.5, 0.6) is 11.5 Å². The van der Waals surface area contributed by atoms with Crippen molar-refractivity contribution in [1.29, 1.82) is 0 Å². The Morgan fingerprint density at radius 3 is 2.59 bits per heavy atom. The zero-order chi connectivity index (χ0) is 20.2. The molecule has 2 heterocycles. The van der Waals surface area contributed by atoms with Crippen LogP contribution in [0.1, 0.15) is 12.0 Å². The van der Waals surface area contributed by atoms with E-state index in [0.29, 0.717) is 42.4 Å². The maximum absolute atomic E-state index is 12.5. The molecule has 0 N–H and O–H groups in total. The summed E-state index contributed by atoms with van der Waals surface area (Å²) in [5.74, 6) is 0.605. The van der Waals surface area contributed by atoms with Gasteiger partial charge in [0.1, 0.15) is 19.8 Å². The number of ether oxygens (including phenoxy) is 3. The lowest BCUT2D eigenvalue weighted by atomic mass is 10.1. The fraction of sp³-hybridized carbons (Fsp3) is 0.286. The zero-order valence-corrected chi connectivity index (χ0v) is 16.7. The second kappa shape index (κ2) is 8.48. The smallest absolute Gasteiger partial charge is 0.325 e. The fourth-order valence-electron chi connectivity index (χ4n) is 3.10. The molecule has 0 bridgehead atoms. The van der Waals surface area contributed by atoms with Crippen molar-refractivity contribution in [2.75, 3.05) is 20.3 Å². The maximum Gasteiger partial charge on any atom is 0.325 e. The molecule has 4 rings (SSSR count). The Labute approximate surface area is 171 Å². The fourth-order valence-corrected chi connectivity index (χ4v) is 4.15. The van der Waals surface area contributed by atoms with Crippen LogP contribution in [-0.4, -0.2) is 36.8 Å². The number of hydrogen-bond acceptors (Lipinski definition) is 6. The van der Waals surface area contributed by atoms with Gasteiger partial charge in [0, 0.05) is 18.6 Å². The molecule has 29 heavy (non-hydrogen) atoms. The van der Waals surface area contributed by atoms with Crippen molar-refractivity contribution >= 4 is 33.4 Å². The topological polar surface area (TPSA) is 79.1 Å². The molecule has 2 aromatic carbocycles. The van der Waals surface area contributed by atoms with Gasteiger partial charge in [-0.05, 0) is 12.0 Å². The Hall–Kier alpha value is -3.13. The highest BCUT2D eigenvalue weighted by Crippen LogP contribution is 2.35. The molecule has 0 radical (unpaired) electrons. The summed E-state index contributed by atoms with van der Waals surface area (Å²) in [6, 6.07) is 13.5. The van der Waals surface area contributed by atoms with Crippen LogP contribution in [0.25, 0.3) is 10.2 Å². The lowest BCUT2D eigenvalue weighted by Crippen LogP contribution is -2.22. The van der Waals surface area contributed by atoms with E-state index in [1.165, 1.54) is 18.4 Å². The van der Waals surface area contributed by atoms with Crippen molar-refractivity contribution in [3.05, 3.63) is 52.8 Å². The van der Waals surface area contributed by atoms with Crippen LogP contribution in [0, 0.1) is 0 Å². The van der Waals surface area contributed by atoms with E-state index in [-0.39, 0.29) is 12.5 Å². The van der Waals surface area contributed by atoms with Gasteiger partial charge in [-0.25, -0.2) is 0 Å². The van der Waals surface area contributed by atoms with Crippen molar-refractivity contribution in [3.63, 3.8) is 0 Å².